The van der Waals surface area contributed by atoms with Gasteiger partial charge in [0.25, 0.3) is 5.56 Å². The summed E-state index contributed by atoms with van der Waals surface area (Å²) in [5.74, 6) is 0.245. The van der Waals surface area contributed by atoms with Crippen molar-refractivity contribution in [1.82, 2.24) is 19.1 Å². The summed E-state index contributed by atoms with van der Waals surface area (Å²) >= 11 is 2.89. The van der Waals surface area contributed by atoms with Crippen LogP contribution in [0.1, 0.15) is 6.92 Å². The van der Waals surface area contributed by atoms with E-state index in [9.17, 15) is 18.4 Å². The molecule has 6 nitrogen and oxygen atoms in total. The zero-order chi connectivity index (χ0) is 22.8. The maximum Gasteiger partial charge on any atom is 0.329 e. The van der Waals surface area contributed by atoms with Gasteiger partial charge in [0.15, 0.2) is 16.3 Å². The second kappa shape index (κ2) is 9.33. The lowest BCUT2D eigenvalue weighted by molar-refractivity contribution is 0.511. The molecule has 0 aliphatic rings. The number of benzene rings is 2. The van der Waals surface area contributed by atoms with E-state index in [4.69, 9.17) is 0 Å². The number of hydrogen-bond donors (Lipinski definition) is 1. The standard InChI is InChI=1S/C22H20F2N4O2S2/c1-13(12-31-16-7-3-14(23)4-8-16)11-28-18-19(27(2)21(30)26-20(18)29)25-22(28)32-17-9-5-15(24)6-10-17/h3-10,13H,11-12H2,1-2H3,(H,26,29,30)/t13-/m1/s1. The minimum atomic E-state index is -0.537. The summed E-state index contributed by atoms with van der Waals surface area (Å²) in [5.41, 5.74) is -0.428. The molecule has 4 aromatic rings. The average Bonchev–Trinajstić information content (AvgIpc) is 3.12. The molecule has 10 heteroatoms. The first-order chi connectivity index (χ1) is 15.3. The molecular formula is C22H20F2N4O2S2. The Bertz CT molecular complexity index is 1360. The maximum atomic E-state index is 13.3. The zero-order valence-corrected chi connectivity index (χ0v) is 19.0. The fourth-order valence-corrected chi connectivity index (χ4v) is 5.01. The highest BCUT2D eigenvalue weighted by atomic mass is 32.2. The summed E-state index contributed by atoms with van der Waals surface area (Å²) in [5, 5.41) is 0.539. The molecule has 0 fully saturated rings. The third-order valence-corrected chi connectivity index (χ3v) is 7.18. The number of nitrogens with zero attached hydrogens (tertiary/aromatic N) is 3. The van der Waals surface area contributed by atoms with Gasteiger partial charge in [0.1, 0.15) is 11.6 Å². The predicted molar refractivity (Wildman–Crippen MR) is 122 cm³/mol. The summed E-state index contributed by atoms with van der Waals surface area (Å²) in [6, 6.07) is 12.3. The molecule has 166 valence electrons. The van der Waals surface area contributed by atoms with Crippen LogP contribution < -0.4 is 11.2 Å². The largest absolute Gasteiger partial charge is 0.329 e. The Hall–Kier alpha value is -2.85. The molecule has 0 unspecified atom stereocenters. The number of aromatic amines is 1. The Balaban J connectivity index is 1.66. The van der Waals surface area contributed by atoms with E-state index in [0.717, 1.165) is 15.5 Å². The molecular weight excluding hydrogens is 454 g/mol. The highest BCUT2D eigenvalue weighted by Gasteiger charge is 2.20. The molecule has 0 amide bonds. The van der Waals surface area contributed by atoms with Gasteiger partial charge < -0.3 is 4.57 Å². The van der Waals surface area contributed by atoms with Crippen molar-refractivity contribution < 1.29 is 8.78 Å². The summed E-state index contributed by atoms with van der Waals surface area (Å²) in [4.78, 5) is 33.3. The van der Waals surface area contributed by atoms with Gasteiger partial charge in [-0.2, -0.15) is 0 Å². The minimum absolute atomic E-state index is 0.131. The Morgan fingerprint density at radius 2 is 1.59 bits per heavy atom. The van der Waals surface area contributed by atoms with Crippen LogP contribution in [0.4, 0.5) is 8.78 Å². The summed E-state index contributed by atoms with van der Waals surface area (Å²) < 4.78 is 29.5. The number of hydrogen-bond acceptors (Lipinski definition) is 5. The molecule has 0 bridgehead atoms. The van der Waals surface area contributed by atoms with Gasteiger partial charge in [-0.1, -0.05) is 18.7 Å². The van der Waals surface area contributed by atoms with E-state index >= 15 is 0 Å². The molecule has 1 atom stereocenters. The fraction of sp³-hybridized carbons (Fsp3) is 0.227. The lowest BCUT2D eigenvalue weighted by Crippen LogP contribution is -2.29. The van der Waals surface area contributed by atoms with Gasteiger partial charge in [0.2, 0.25) is 0 Å². The van der Waals surface area contributed by atoms with Crippen molar-refractivity contribution in [2.75, 3.05) is 5.75 Å². The van der Waals surface area contributed by atoms with Gasteiger partial charge in [0, 0.05) is 29.1 Å². The van der Waals surface area contributed by atoms with Crippen molar-refractivity contribution in [3.8, 4) is 0 Å². The van der Waals surface area contributed by atoms with Crippen LogP contribution in [0.25, 0.3) is 11.2 Å². The molecule has 0 aliphatic heterocycles. The Kier molecular flexibility index (Phi) is 6.52. The number of aryl methyl sites for hydroxylation is 1. The van der Waals surface area contributed by atoms with Gasteiger partial charge in [-0.3, -0.25) is 14.3 Å². The SMILES string of the molecule is C[C@@H](CSc1ccc(F)cc1)Cn1c(Sc2ccc(F)cc2)nc2c1c(=O)[nH]c(=O)n2C. The molecule has 0 aliphatic carbocycles. The number of nitrogens with one attached hydrogen (secondary N) is 1. The Labute approximate surface area is 190 Å². The maximum absolute atomic E-state index is 13.3. The molecule has 0 saturated heterocycles. The molecule has 2 aromatic heterocycles. The number of H-pyrrole nitrogens is 1. The van der Waals surface area contributed by atoms with Crippen LogP contribution >= 0.6 is 23.5 Å². The third-order valence-electron chi connectivity index (χ3n) is 4.84. The predicted octanol–water partition coefficient (Wildman–Crippen LogP) is 4.28. The second-order valence-electron chi connectivity index (χ2n) is 7.42. The van der Waals surface area contributed by atoms with Gasteiger partial charge >= 0.3 is 5.69 Å². The summed E-state index contributed by atoms with van der Waals surface area (Å²) in [7, 11) is 1.55. The van der Waals surface area contributed by atoms with Crippen molar-refractivity contribution >= 4 is 34.7 Å². The van der Waals surface area contributed by atoms with Crippen LogP contribution in [0.5, 0.6) is 0 Å². The summed E-state index contributed by atoms with van der Waals surface area (Å²) in [6.07, 6.45) is 0. The minimum Gasteiger partial charge on any atom is -0.313 e. The van der Waals surface area contributed by atoms with E-state index in [1.54, 1.807) is 47.6 Å². The highest BCUT2D eigenvalue weighted by Crippen LogP contribution is 2.30. The van der Waals surface area contributed by atoms with Crippen LogP contribution in [0, 0.1) is 17.6 Å². The average molecular weight is 475 g/mol. The lowest BCUT2D eigenvalue weighted by atomic mass is 10.2. The monoisotopic (exact) mass is 474 g/mol. The first-order valence-corrected chi connectivity index (χ1v) is 11.6. The third kappa shape index (κ3) is 4.81. The lowest BCUT2D eigenvalue weighted by Gasteiger charge is -2.15. The van der Waals surface area contributed by atoms with Gasteiger partial charge in [-0.25, -0.2) is 18.6 Å². The van der Waals surface area contributed by atoms with E-state index in [0.29, 0.717) is 22.9 Å². The van der Waals surface area contributed by atoms with E-state index in [-0.39, 0.29) is 17.6 Å². The highest BCUT2D eigenvalue weighted by molar-refractivity contribution is 7.99. The van der Waals surface area contributed by atoms with Gasteiger partial charge in [-0.05, 0) is 54.4 Å². The summed E-state index contributed by atoms with van der Waals surface area (Å²) in [6.45, 7) is 2.53. The first kappa shape index (κ1) is 22.3. The fourth-order valence-electron chi connectivity index (χ4n) is 3.20. The van der Waals surface area contributed by atoms with Crippen molar-refractivity contribution in [3.63, 3.8) is 0 Å². The molecule has 2 aromatic carbocycles. The van der Waals surface area contributed by atoms with Gasteiger partial charge in [0.05, 0.1) is 0 Å². The number of rotatable bonds is 7. The smallest absolute Gasteiger partial charge is 0.313 e. The molecule has 4 rings (SSSR count). The first-order valence-electron chi connectivity index (χ1n) is 9.83. The van der Waals surface area contributed by atoms with E-state index in [1.807, 2.05) is 6.92 Å². The quantitative estimate of drug-likeness (QED) is 0.405. The number of halogens is 2. The molecule has 0 saturated carbocycles. The van der Waals surface area contributed by atoms with Gasteiger partial charge in [-0.15, -0.1) is 11.8 Å². The Morgan fingerprint density at radius 1 is 1.00 bits per heavy atom. The van der Waals surface area contributed by atoms with Crippen LogP contribution in [-0.2, 0) is 13.6 Å². The topological polar surface area (TPSA) is 72.7 Å². The molecule has 32 heavy (non-hydrogen) atoms. The van der Waals surface area contributed by atoms with Crippen molar-refractivity contribution in [2.24, 2.45) is 13.0 Å². The van der Waals surface area contributed by atoms with Crippen LogP contribution in [0.3, 0.4) is 0 Å². The number of thioether (sulfide) groups is 1. The molecule has 1 N–H and O–H groups in total. The normalized spacial score (nSPS) is 12.4. The van der Waals surface area contributed by atoms with Crippen LogP contribution in [-0.4, -0.2) is 24.9 Å². The van der Waals surface area contributed by atoms with Crippen molar-refractivity contribution in [1.29, 1.82) is 0 Å². The van der Waals surface area contributed by atoms with E-state index < -0.39 is 11.2 Å². The number of aromatic nitrogens is 4. The number of imidazole rings is 1. The van der Waals surface area contributed by atoms with Crippen molar-refractivity contribution in [3.05, 3.63) is 81.0 Å². The Morgan fingerprint density at radius 3 is 2.22 bits per heavy atom. The molecule has 2 heterocycles. The van der Waals surface area contributed by atoms with E-state index in [2.05, 4.69) is 9.97 Å². The van der Waals surface area contributed by atoms with Crippen LogP contribution in [0.15, 0.2) is 73.1 Å². The van der Waals surface area contributed by atoms with Crippen LogP contribution in [0.2, 0.25) is 0 Å². The van der Waals surface area contributed by atoms with Crippen molar-refractivity contribution in [2.45, 2.75) is 28.4 Å². The molecule has 0 radical (unpaired) electrons. The number of fused-ring (bicyclic) bond motifs is 1. The second-order valence-corrected chi connectivity index (χ2v) is 9.56. The zero-order valence-electron chi connectivity index (χ0n) is 17.3. The molecule has 0 spiro atoms. The van der Waals surface area contributed by atoms with E-state index in [1.165, 1.54) is 40.6 Å².